The van der Waals surface area contributed by atoms with Gasteiger partial charge in [-0.3, -0.25) is 4.90 Å². The number of hydrogen-bond acceptors (Lipinski definition) is 2. The molecule has 0 saturated carbocycles. The Kier molecular flexibility index (Phi) is 5.12. The van der Waals surface area contributed by atoms with Gasteiger partial charge in [0, 0.05) is 42.9 Å². The van der Waals surface area contributed by atoms with Crippen LogP contribution >= 0.6 is 11.6 Å². The number of aryl methyl sites for hydroxylation is 1. The maximum absolute atomic E-state index is 6.12. The van der Waals surface area contributed by atoms with Crippen molar-refractivity contribution in [2.45, 2.75) is 39.7 Å². The van der Waals surface area contributed by atoms with Crippen LogP contribution in [0.4, 0.5) is 5.69 Å². The average molecular weight is 281 g/mol. The van der Waals surface area contributed by atoms with E-state index in [1.165, 1.54) is 24.1 Å². The van der Waals surface area contributed by atoms with Gasteiger partial charge in [-0.25, -0.2) is 0 Å². The van der Waals surface area contributed by atoms with Crippen LogP contribution in [0.2, 0.25) is 5.02 Å². The molecule has 0 radical (unpaired) electrons. The Bertz CT molecular complexity index is 407. The molecule has 2 rings (SSSR count). The van der Waals surface area contributed by atoms with Crippen LogP contribution in [0, 0.1) is 6.92 Å². The van der Waals surface area contributed by atoms with Gasteiger partial charge in [-0.2, -0.15) is 0 Å². The molecule has 0 aromatic heterocycles. The summed E-state index contributed by atoms with van der Waals surface area (Å²) in [4.78, 5) is 5.11. The van der Waals surface area contributed by atoms with Gasteiger partial charge in [-0.1, -0.05) is 31.5 Å². The van der Waals surface area contributed by atoms with Crippen LogP contribution in [-0.4, -0.2) is 37.1 Å². The first kappa shape index (κ1) is 14.7. The molecule has 1 fully saturated rings. The smallest absolute Gasteiger partial charge is 0.0426 e. The van der Waals surface area contributed by atoms with Crippen LogP contribution in [0.3, 0.4) is 0 Å². The van der Waals surface area contributed by atoms with Crippen molar-refractivity contribution >= 4 is 17.3 Å². The zero-order valence-electron chi connectivity index (χ0n) is 12.3. The van der Waals surface area contributed by atoms with Crippen molar-refractivity contribution in [3.8, 4) is 0 Å². The molecule has 1 aromatic rings. The van der Waals surface area contributed by atoms with Crippen molar-refractivity contribution in [1.29, 1.82) is 0 Å². The first-order valence-corrected chi connectivity index (χ1v) is 7.78. The molecular formula is C16H25ClN2. The summed E-state index contributed by atoms with van der Waals surface area (Å²) in [7, 11) is 0. The Morgan fingerprint density at radius 2 is 1.74 bits per heavy atom. The minimum absolute atomic E-state index is 0.752. The topological polar surface area (TPSA) is 6.48 Å². The lowest BCUT2D eigenvalue weighted by atomic mass is 10.1. The van der Waals surface area contributed by atoms with Crippen molar-refractivity contribution in [1.82, 2.24) is 4.90 Å². The highest BCUT2D eigenvalue weighted by molar-refractivity contribution is 6.30. The summed E-state index contributed by atoms with van der Waals surface area (Å²) < 4.78 is 0. The van der Waals surface area contributed by atoms with Gasteiger partial charge in [0.25, 0.3) is 0 Å². The predicted molar refractivity (Wildman–Crippen MR) is 84.3 cm³/mol. The summed E-state index contributed by atoms with van der Waals surface area (Å²) in [6.45, 7) is 11.3. The highest BCUT2D eigenvalue weighted by Crippen LogP contribution is 2.26. The minimum atomic E-state index is 0.752. The molecule has 1 heterocycles. The predicted octanol–water partition coefficient (Wildman–Crippen LogP) is 3.96. The zero-order chi connectivity index (χ0) is 13.8. The number of rotatable bonds is 4. The molecule has 0 spiro atoms. The second-order valence-electron chi connectivity index (χ2n) is 5.42. The molecule has 2 nitrogen and oxygen atoms in total. The number of halogens is 1. The third-order valence-corrected chi connectivity index (χ3v) is 4.52. The first-order chi connectivity index (χ1) is 9.15. The third kappa shape index (κ3) is 3.43. The van der Waals surface area contributed by atoms with E-state index in [1.807, 2.05) is 6.07 Å². The second kappa shape index (κ2) is 6.62. The lowest BCUT2D eigenvalue weighted by Crippen LogP contribution is -2.50. The van der Waals surface area contributed by atoms with Crippen molar-refractivity contribution in [3.63, 3.8) is 0 Å². The Balaban J connectivity index is 2.01. The first-order valence-electron chi connectivity index (χ1n) is 7.40. The largest absolute Gasteiger partial charge is 0.369 e. The number of benzene rings is 1. The van der Waals surface area contributed by atoms with Gasteiger partial charge < -0.3 is 4.90 Å². The van der Waals surface area contributed by atoms with Crippen LogP contribution in [0.15, 0.2) is 18.2 Å². The highest BCUT2D eigenvalue weighted by atomic mass is 35.5. The Morgan fingerprint density at radius 1 is 1.11 bits per heavy atom. The maximum Gasteiger partial charge on any atom is 0.0426 e. The number of piperazine rings is 1. The lowest BCUT2D eigenvalue weighted by molar-refractivity contribution is 0.175. The lowest BCUT2D eigenvalue weighted by Gasteiger charge is -2.40. The molecule has 1 saturated heterocycles. The molecule has 1 aromatic carbocycles. The summed E-state index contributed by atoms with van der Waals surface area (Å²) in [6, 6.07) is 6.94. The molecule has 106 valence electrons. The van der Waals surface area contributed by atoms with E-state index in [4.69, 9.17) is 11.6 Å². The maximum atomic E-state index is 6.12. The van der Waals surface area contributed by atoms with Gasteiger partial charge in [0.1, 0.15) is 0 Å². The molecule has 0 amide bonds. The zero-order valence-corrected chi connectivity index (χ0v) is 13.1. The molecule has 1 aliphatic rings. The van der Waals surface area contributed by atoms with Crippen LogP contribution in [0.1, 0.15) is 32.3 Å². The molecule has 1 aliphatic heterocycles. The van der Waals surface area contributed by atoms with Crippen molar-refractivity contribution < 1.29 is 0 Å². The van der Waals surface area contributed by atoms with E-state index in [-0.39, 0.29) is 0 Å². The molecule has 0 bridgehead atoms. The van der Waals surface area contributed by atoms with E-state index in [0.29, 0.717) is 0 Å². The van der Waals surface area contributed by atoms with Gasteiger partial charge in [-0.05, 0) is 37.5 Å². The fraction of sp³-hybridized carbons (Fsp3) is 0.625. The van der Waals surface area contributed by atoms with Crippen molar-refractivity contribution in [2.24, 2.45) is 0 Å². The molecule has 0 aliphatic carbocycles. The van der Waals surface area contributed by atoms with Crippen LogP contribution in [-0.2, 0) is 0 Å². The van der Waals surface area contributed by atoms with Gasteiger partial charge in [-0.15, -0.1) is 0 Å². The quantitative estimate of drug-likeness (QED) is 0.824. The molecular weight excluding hydrogens is 256 g/mol. The van der Waals surface area contributed by atoms with Gasteiger partial charge in [0.15, 0.2) is 0 Å². The minimum Gasteiger partial charge on any atom is -0.369 e. The van der Waals surface area contributed by atoms with E-state index in [0.717, 1.165) is 37.2 Å². The second-order valence-corrected chi connectivity index (χ2v) is 5.86. The van der Waals surface area contributed by atoms with Crippen LogP contribution in [0.25, 0.3) is 0 Å². The summed E-state index contributed by atoms with van der Waals surface area (Å²) in [6.07, 6.45) is 2.51. The summed E-state index contributed by atoms with van der Waals surface area (Å²) in [5.74, 6) is 0. The number of anilines is 1. The summed E-state index contributed by atoms with van der Waals surface area (Å²) in [5, 5.41) is 0.836. The highest BCUT2D eigenvalue weighted by Gasteiger charge is 2.22. The van der Waals surface area contributed by atoms with Gasteiger partial charge in [0.2, 0.25) is 0 Å². The fourth-order valence-corrected chi connectivity index (χ4v) is 3.22. The molecule has 0 N–H and O–H groups in total. The Hall–Kier alpha value is -0.730. The summed E-state index contributed by atoms with van der Waals surface area (Å²) in [5.41, 5.74) is 2.62. The molecule has 0 atom stereocenters. The van der Waals surface area contributed by atoms with Crippen LogP contribution in [0.5, 0.6) is 0 Å². The van der Waals surface area contributed by atoms with E-state index in [9.17, 15) is 0 Å². The number of hydrogen-bond donors (Lipinski definition) is 0. The Labute approximate surface area is 122 Å². The fourth-order valence-electron chi connectivity index (χ4n) is 3.06. The normalized spacial score (nSPS) is 17.2. The molecule has 19 heavy (non-hydrogen) atoms. The average Bonchev–Trinajstić information content (AvgIpc) is 2.44. The number of nitrogens with zero attached hydrogens (tertiary/aromatic N) is 2. The van der Waals surface area contributed by atoms with Crippen LogP contribution < -0.4 is 4.90 Å². The van der Waals surface area contributed by atoms with Gasteiger partial charge >= 0.3 is 0 Å². The van der Waals surface area contributed by atoms with Crippen molar-refractivity contribution in [2.75, 3.05) is 31.1 Å². The Morgan fingerprint density at radius 3 is 2.32 bits per heavy atom. The van der Waals surface area contributed by atoms with E-state index in [2.05, 4.69) is 42.7 Å². The summed E-state index contributed by atoms with van der Waals surface area (Å²) >= 11 is 6.12. The molecule has 3 heteroatoms. The van der Waals surface area contributed by atoms with Gasteiger partial charge in [0.05, 0.1) is 0 Å². The van der Waals surface area contributed by atoms with E-state index >= 15 is 0 Å². The monoisotopic (exact) mass is 280 g/mol. The standard InChI is InChI=1S/C16H25ClN2/c1-4-15(5-2)18-8-10-19(11-9-18)16-12-14(17)7-6-13(16)3/h6-7,12,15H,4-5,8-11H2,1-3H3. The van der Waals surface area contributed by atoms with E-state index < -0.39 is 0 Å². The third-order valence-electron chi connectivity index (χ3n) is 4.29. The van der Waals surface area contributed by atoms with Crippen molar-refractivity contribution in [3.05, 3.63) is 28.8 Å². The van der Waals surface area contributed by atoms with E-state index in [1.54, 1.807) is 0 Å². The SMILES string of the molecule is CCC(CC)N1CCN(c2cc(Cl)ccc2C)CC1. The molecule has 0 unspecified atom stereocenters.